The molecule has 0 amide bonds. The molecule has 1 saturated heterocycles. The largest absolute Gasteiger partial charge is 0.615 e. The molecule has 0 bridgehead atoms. The molecule has 0 aromatic heterocycles. The van der Waals surface area contributed by atoms with E-state index in [2.05, 4.69) is 0 Å². The highest BCUT2D eigenvalue weighted by Crippen LogP contribution is 2.14. The van der Waals surface area contributed by atoms with Crippen LogP contribution < -0.4 is 0 Å². The molecule has 15 heteroatoms. The number of halogens is 6. The lowest BCUT2D eigenvalue weighted by Crippen LogP contribution is -2.53. The first-order valence-electron chi connectivity index (χ1n) is 7.02. The van der Waals surface area contributed by atoms with Crippen molar-refractivity contribution in [1.29, 1.82) is 0 Å². The van der Waals surface area contributed by atoms with Crippen molar-refractivity contribution in [1.82, 2.24) is 0 Å². The van der Waals surface area contributed by atoms with Crippen LogP contribution in [0.5, 0.6) is 0 Å². The molecule has 0 saturated carbocycles. The van der Waals surface area contributed by atoms with E-state index in [0.717, 1.165) is 0 Å². The molecule has 0 atom stereocenters. The molecule has 0 radical (unpaired) electrons. The predicted molar refractivity (Wildman–Crippen MR) is 70.2 cm³/mol. The van der Waals surface area contributed by atoms with Crippen LogP contribution in [0.3, 0.4) is 0 Å². The highest BCUT2D eigenvalue weighted by molar-refractivity contribution is 6.66. The summed E-state index contributed by atoms with van der Waals surface area (Å²) in [7, 11) is -4.61. The molecule has 24 heavy (non-hydrogen) atoms. The van der Waals surface area contributed by atoms with Gasteiger partial charge >= 0.3 is 22.0 Å². The summed E-state index contributed by atoms with van der Waals surface area (Å²) in [4.78, 5) is 0. The number of rotatable bonds is 12. The third-order valence-electron chi connectivity index (χ3n) is 2.44. The lowest BCUT2D eigenvalue weighted by atomic mass is 9.96. The van der Waals surface area contributed by atoms with Gasteiger partial charge in [-0.1, -0.05) is 0 Å². The molecule has 0 N–H and O–H groups in total. The van der Waals surface area contributed by atoms with Gasteiger partial charge in [0.1, 0.15) is 0 Å². The van der Waals surface area contributed by atoms with Gasteiger partial charge in [0.05, 0.1) is 0 Å². The maximum Gasteiger partial charge on any atom is 0.615 e. The zero-order valence-corrected chi connectivity index (χ0v) is 12.4. The molecule has 1 aliphatic rings. The van der Waals surface area contributed by atoms with Gasteiger partial charge in [0.25, 0.3) is 0 Å². The highest BCUT2D eigenvalue weighted by atomic mass is 19.3. The Morgan fingerprint density at radius 1 is 0.542 bits per heavy atom. The van der Waals surface area contributed by atoms with Gasteiger partial charge < -0.3 is 27.7 Å². The summed E-state index contributed by atoms with van der Waals surface area (Å²) < 4.78 is 102. The molecule has 0 aliphatic carbocycles. The van der Waals surface area contributed by atoms with Crippen molar-refractivity contribution in [3.63, 3.8) is 0 Å². The van der Waals surface area contributed by atoms with E-state index in [4.69, 9.17) is 27.7 Å². The fourth-order valence-electron chi connectivity index (χ4n) is 1.36. The molecule has 0 unspecified atom stereocenters. The van der Waals surface area contributed by atoms with Gasteiger partial charge in [-0.05, 0) is 0 Å². The summed E-state index contributed by atoms with van der Waals surface area (Å²) in [6, 6.07) is 0. The number of alkyl halides is 6. The van der Waals surface area contributed by atoms with E-state index in [-0.39, 0.29) is 0 Å². The molecule has 138 valence electrons. The first-order chi connectivity index (χ1) is 11.4. The Balaban J connectivity index is 2.41. The molecule has 1 rings (SSSR count). The fraction of sp³-hybridized carbons (Fsp3) is 1.00. The Morgan fingerprint density at radius 2 is 0.792 bits per heavy atom. The van der Waals surface area contributed by atoms with Crippen molar-refractivity contribution in [3.05, 3.63) is 0 Å². The summed E-state index contributed by atoms with van der Waals surface area (Å²) in [5.41, 5.74) is 0. The first-order valence-corrected chi connectivity index (χ1v) is 7.02. The fourth-order valence-corrected chi connectivity index (χ4v) is 1.36. The molecular weight excluding hydrogens is 351 g/mol. The predicted octanol–water partition coefficient (Wildman–Crippen LogP) is 2.02. The second kappa shape index (κ2) is 12.0. The van der Waals surface area contributed by atoms with Gasteiger partial charge in [-0.15, -0.1) is 0 Å². The van der Waals surface area contributed by atoms with Crippen LogP contribution in [0.1, 0.15) is 19.3 Å². The first kappa shape index (κ1) is 21.6. The standard InChI is InChI=1S/C9H15B3F6O6/c13-7(14)1-4-19-10-22-11(20-5-2-8(15)16)24-12(23-10)21-6-3-9(17)18/h7-9H,1-6H2. The minimum absolute atomic E-state index is 0.435. The van der Waals surface area contributed by atoms with Crippen LogP contribution in [-0.2, 0) is 27.7 Å². The molecule has 1 aliphatic heterocycles. The summed E-state index contributed by atoms with van der Waals surface area (Å²) in [5, 5.41) is 0. The van der Waals surface area contributed by atoms with Gasteiger partial charge in [-0.3, -0.25) is 0 Å². The van der Waals surface area contributed by atoms with E-state index in [0.29, 0.717) is 0 Å². The summed E-state index contributed by atoms with van der Waals surface area (Å²) in [5.74, 6) is 0. The third kappa shape index (κ3) is 10.4. The van der Waals surface area contributed by atoms with Crippen molar-refractivity contribution in [2.24, 2.45) is 0 Å². The Hall–Kier alpha value is -0.465. The van der Waals surface area contributed by atoms with E-state index in [1.807, 2.05) is 0 Å². The van der Waals surface area contributed by atoms with E-state index < -0.39 is 80.3 Å². The third-order valence-corrected chi connectivity index (χ3v) is 2.44. The Bertz CT molecular complexity index is 281. The molecule has 6 nitrogen and oxygen atoms in total. The molecular formula is C9H15B3F6O6. The average Bonchev–Trinajstić information content (AvgIpc) is 2.46. The quantitative estimate of drug-likeness (QED) is 0.390. The summed E-state index contributed by atoms with van der Waals surface area (Å²) >= 11 is 0. The van der Waals surface area contributed by atoms with Gasteiger partial charge in [-0.25, -0.2) is 26.3 Å². The molecule has 0 aromatic rings. The monoisotopic (exact) mass is 366 g/mol. The van der Waals surface area contributed by atoms with Crippen molar-refractivity contribution >= 4 is 22.0 Å². The van der Waals surface area contributed by atoms with Crippen LogP contribution in [0, 0.1) is 0 Å². The van der Waals surface area contributed by atoms with E-state index >= 15 is 0 Å². The minimum Gasteiger partial charge on any atom is -0.400 e. The normalized spacial score (nSPS) is 16.1. The van der Waals surface area contributed by atoms with Crippen molar-refractivity contribution < 1.29 is 54.0 Å². The number of hydrogen-bond acceptors (Lipinski definition) is 6. The van der Waals surface area contributed by atoms with Crippen LogP contribution in [-0.4, -0.2) is 61.1 Å². The topological polar surface area (TPSA) is 55.4 Å². The highest BCUT2D eigenvalue weighted by Gasteiger charge is 2.46. The lowest BCUT2D eigenvalue weighted by Gasteiger charge is -2.28. The zero-order chi connectivity index (χ0) is 17.9. The average molecular weight is 366 g/mol. The summed E-state index contributed by atoms with van der Waals surface area (Å²) in [6.07, 6.45) is -9.63. The van der Waals surface area contributed by atoms with Crippen molar-refractivity contribution in [2.45, 2.75) is 38.5 Å². The molecule has 1 fully saturated rings. The second-order valence-electron chi connectivity index (χ2n) is 4.43. The van der Waals surface area contributed by atoms with Crippen molar-refractivity contribution in [3.8, 4) is 0 Å². The van der Waals surface area contributed by atoms with Crippen LogP contribution in [0.25, 0.3) is 0 Å². The van der Waals surface area contributed by atoms with E-state index in [1.54, 1.807) is 0 Å². The smallest absolute Gasteiger partial charge is 0.400 e. The van der Waals surface area contributed by atoms with E-state index in [1.165, 1.54) is 0 Å². The van der Waals surface area contributed by atoms with Crippen LogP contribution >= 0.6 is 0 Å². The maximum atomic E-state index is 12.0. The van der Waals surface area contributed by atoms with Gasteiger partial charge in [0.2, 0.25) is 19.3 Å². The molecule has 1 heterocycles. The second-order valence-corrected chi connectivity index (χ2v) is 4.43. The van der Waals surface area contributed by atoms with Gasteiger partial charge in [0, 0.05) is 39.1 Å². The molecule has 0 spiro atoms. The van der Waals surface area contributed by atoms with Crippen LogP contribution in [0.2, 0.25) is 0 Å². The Labute approximate surface area is 135 Å². The van der Waals surface area contributed by atoms with Crippen LogP contribution in [0.4, 0.5) is 26.3 Å². The van der Waals surface area contributed by atoms with Crippen molar-refractivity contribution in [2.75, 3.05) is 19.8 Å². The number of hydrogen-bond donors (Lipinski definition) is 0. The zero-order valence-electron chi connectivity index (χ0n) is 12.4. The maximum absolute atomic E-state index is 12.0. The Morgan fingerprint density at radius 3 is 1.00 bits per heavy atom. The molecule has 0 aromatic carbocycles. The lowest BCUT2D eigenvalue weighted by molar-refractivity contribution is 0.0409. The van der Waals surface area contributed by atoms with Gasteiger partial charge in [0.15, 0.2) is 0 Å². The summed E-state index contributed by atoms with van der Waals surface area (Å²) in [6.45, 7) is -1.30. The van der Waals surface area contributed by atoms with E-state index in [9.17, 15) is 26.3 Å². The SMILES string of the molecule is FC(F)CCOB1OB(OCCC(F)F)OB(OCCC(F)F)O1. The van der Waals surface area contributed by atoms with Crippen LogP contribution in [0.15, 0.2) is 0 Å². The minimum atomic E-state index is -2.61. The van der Waals surface area contributed by atoms with Gasteiger partial charge in [-0.2, -0.15) is 0 Å². The Kier molecular flexibility index (Phi) is 10.8.